The van der Waals surface area contributed by atoms with Crippen LogP contribution in [0.5, 0.6) is 0 Å². The molecule has 2 heterocycles. The van der Waals surface area contributed by atoms with Crippen molar-refractivity contribution in [1.29, 1.82) is 0 Å². The molecule has 0 saturated heterocycles. The molecule has 0 spiro atoms. The van der Waals surface area contributed by atoms with Gasteiger partial charge in [0, 0.05) is 19.2 Å². The zero-order chi connectivity index (χ0) is 21.1. The third-order valence-corrected chi connectivity index (χ3v) is 5.28. The number of benzene rings is 2. The smallest absolute Gasteiger partial charge is 0.227 e. The fraction of sp³-hybridized carbons (Fsp3) is 0.208. The first-order valence-corrected chi connectivity index (χ1v) is 9.94. The molecule has 0 radical (unpaired) electrons. The lowest BCUT2D eigenvalue weighted by atomic mass is 9.93. The van der Waals surface area contributed by atoms with E-state index in [9.17, 15) is 9.59 Å². The molecule has 4 rings (SSSR count). The van der Waals surface area contributed by atoms with Crippen LogP contribution in [-0.4, -0.2) is 26.5 Å². The Bertz CT molecular complexity index is 1100. The van der Waals surface area contributed by atoms with Crippen LogP contribution in [-0.2, 0) is 16.1 Å². The highest BCUT2D eigenvalue weighted by Gasteiger charge is 2.28. The summed E-state index contributed by atoms with van der Waals surface area (Å²) in [5, 5.41) is 7.30. The summed E-state index contributed by atoms with van der Waals surface area (Å²) >= 11 is 0. The summed E-state index contributed by atoms with van der Waals surface area (Å²) in [6.45, 7) is 4.13. The van der Waals surface area contributed by atoms with Crippen LogP contribution in [0.2, 0.25) is 0 Å². The second-order valence-electron chi connectivity index (χ2n) is 7.50. The molecule has 0 fully saturated rings. The summed E-state index contributed by atoms with van der Waals surface area (Å²) in [7, 11) is 0. The average molecular weight is 400 g/mol. The molecule has 2 aromatic carbocycles. The number of rotatable bonds is 5. The van der Waals surface area contributed by atoms with E-state index in [0.717, 1.165) is 16.7 Å². The van der Waals surface area contributed by atoms with Crippen LogP contribution in [0.3, 0.4) is 0 Å². The first kappa shape index (κ1) is 19.6. The van der Waals surface area contributed by atoms with Crippen molar-refractivity contribution in [2.45, 2.75) is 32.9 Å². The van der Waals surface area contributed by atoms with E-state index in [2.05, 4.69) is 34.7 Å². The Balaban J connectivity index is 1.50. The molecule has 1 aliphatic rings. The van der Waals surface area contributed by atoms with Gasteiger partial charge in [0.2, 0.25) is 11.8 Å². The molecule has 0 saturated carbocycles. The Morgan fingerprint density at radius 2 is 1.83 bits per heavy atom. The molecule has 1 aromatic heterocycles. The van der Waals surface area contributed by atoms with Gasteiger partial charge in [-0.3, -0.25) is 9.59 Å². The number of hydrogen-bond donors (Lipinski definition) is 1. The maximum absolute atomic E-state index is 12.9. The predicted molar refractivity (Wildman–Crippen MR) is 116 cm³/mol. The summed E-state index contributed by atoms with van der Waals surface area (Å²) < 4.78 is 1.76. The monoisotopic (exact) mass is 400 g/mol. The average Bonchev–Trinajstić information content (AvgIpc) is 3.16. The summed E-state index contributed by atoms with van der Waals surface area (Å²) in [5.41, 5.74) is 4.30. The molecular weight excluding hydrogens is 376 g/mol. The van der Waals surface area contributed by atoms with E-state index in [4.69, 9.17) is 0 Å². The van der Waals surface area contributed by atoms with Crippen LogP contribution in [0.25, 0.3) is 6.08 Å². The molecular formula is C24H24N4O2. The number of carbonyl (C=O) groups excluding carboxylic acids is 2. The van der Waals surface area contributed by atoms with Gasteiger partial charge in [-0.1, -0.05) is 54.1 Å². The van der Waals surface area contributed by atoms with Gasteiger partial charge < -0.3 is 10.2 Å². The largest absolute Gasteiger partial charge is 0.311 e. The number of hydrogen-bond acceptors (Lipinski definition) is 3. The molecule has 0 aliphatic carbocycles. The van der Waals surface area contributed by atoms with E-state index >= 15 is 0 Å². The Morgan fingerprint density at radius 3 is 2.60 bits per heavy atom. The molecule has 1 aliphatic heterocycles. The van der Waals surface area contributed by atoms with Crippen molar-refractivity contribution in [2.24, 2.45) is 0 Å². The molecule has 30 heavy (non-hydrogen) atoms. The number of nitrogens with zero attached hydrogens (tertiary/aromatic N) is 3. The number of amides is 2. The Kier molecular flexibility index (Phi) is 5.48. The van der Waals surface area contributed by atoms with E-state index in [1.165, 1.54) is 12.5 Å². The minimum absolute atomic E-state index is 0.0945. The van der Waals surface area contributed by atoms with Gasteiger partial charge in [-0.05, 0) is 29.7 Å². The molecule has 1 atom stereocenters. The minimum Gasteiger partial charge on any atom is -0.311 e. The minimum atomic E-state index is -0.336. The second kappa shape index (κ2) is 8.37. The van der Waals surface area contributed by atoms with Gasteiger partial charge in [0.05, 0.1) is 25.2 Å². The maximum atomic E-state index is 12.9. The first-order chi connectivity index (χ1) is 14.5. The number of anilines is 1. The van der Waals surface area contributed by atoms with E-state index < -0.39 is 0 Å². The molecule has 0 bridgehead atoms. The normalized spacial score (nSPS) is 15.0. The summed E-state index contributed by atoms with van der Waals surface area (Å²) in [6, 6.07) is 17.5. The number of fused-ring (bicyclic) bond motifs is 1. The topological polar surface area (TPSA) is 67.2 Å². The van der Waals surface area contributed by atoms with E-state index in [1.807, 2.05) is 37.3 Å². The van der Waals surface area contributed by atoms with Crippen molar-refractivity contribution in [3.8, 4) is 0 Å². The van der Waals surface area contributed by atoms with Crippen molar-refractivity contribution >= 4 is 23.7 Å². The van der Waals surface area contributed by atoms with Crippen LogP contribution in [0, 0.1) is 6.92 Å². The number of aryl methyl sites for hydroxylation is 1. The van der Waals surface area contributed by atoms with Crippen molar-refractivity contribution < 1.29 is 9.59 Å². The Labute approximate surface area is 175 Å². The van der Waals surface area contributed by atoms with Crippen LogP contribution in [0.4, 0.5) is 5.82 Å². The van der Waals surface area contributed by atoms with Crippen molar-refractivity contribution in [3.05, 3.63) is 89.2 Å². The van der Waals surface area contributed by atoms with Crippen LogP contribution in [0.1, 0.15) is 41.6 Å². The molecule has 3 aromatic rings. The number of nitrogens with one attached hydrogen (secondary N) is 1. The van der Waals surface area contributed by atoms with Gasteiger partial charge >= 0.3 is 0 Å². The molecule has 6 heteroatoms. The van der Waals surface area contributed by atoms with Crippen LogP contribution >= 0.6 is 0 Å². The number of carbonyl (C=O) groups is 2. The first-order valence-electron chi connectivity index (χ1n) is 9.94. The van der Waals surface area contributed by atoms with Crippen molar-refractivity contribution in [2.75, 3.05) is 5.32 Å². The second-order valence-corrected chi connectivity index (χ2v) is 7.50. The third kappa shape index (κ3) is 4.17. The van der Waals surface area contributed by atoms with Crippen LogP contribution < -0.4 is 5.32 Å². The maximum Gasteiger partial charge on any atom is 0.227 e. The van der Waals surface area contributed by atoms with Gasteiger partial charge in [0.15, 0.2) is 0 Å². The number of aromatic nitrogens is 2. The van der Waals surface area contributed by atoms with E-state index in [-0.39, 0.29) is 24.3 Å². The molecule has 1 unspecified atom stereocenters. The van der Waals surface area contributed by atoms with Gasteiger partial charge in [0.25, 0.3) is 0 Å². The molecule has 1 N–H and O–H groups in total. The molecule has 6 nitrogen and oxygen atoms in total. The van der Waals surface area contributed by atoms with E-state index in [1.54, 1.807) is 28.0 Å². The fourth-order valence-electron chi connectivity index (χ4n) is 3.71. The highest BCUT2D eigenvalue weighted by Crippen LogP contribution is 2.33. The SMILES string of the molecule is CC(=O)N1C=Cc2ccccc2C1CC(=O)Nc1ccnn1Cc1ccc(C)cc1. The van der Waals surface area contributed by atoms with E-state index in [0.29, 0.717) is 12.4 Å². The quantitative estimate of drug-likeness (QED) is 0.700. The lowest BCUT2D eigenvalue weighted by Crippen LogP contribution is -2.33. The highest BCUT2D eigenvalue weighted by molar-refractivity contribution is 5.91. The van der Waals surface area contributed by atoms with Crippen molar-refractivity contribution in [1.82, 2.24) is 14.7 Å². The van der Waals surface area contributed by atoms with Gasteiger partial charge in [-0.2, -0.15) is 5.10 Å². The highest BCUT2D eigenvalue weighted by atomic mass is 16.2. The van der Waals surface area contributed by atoms with Crippen molar-refractivity contribution in [3.63, 3.8) is 0 Å². The zero-order valence-electron chi connectivity index (χ0n) is 17.1. The van der Waals surface area contributed by atoms with Gasteiger partial charge in [-0.25, -0.2) is 4.68 Å². The van der Waals surface area contributed by atoms with Gasteiger partial charge in [-0.15, -0.1) is 0 Å². The summed E-state index contributed by atoms with van der Waals surface area (Å²) in [4.78, 5) is 26.6. The predicted octanol–water partition coefficient (Wildman–Crippen LogP) is 4.14. The Morgan fingerprint density at radius 1 is 1.07 bits per heavy atom. The van der Waals surface area contributed by atoms with Crippen LogP contribution in [0.15, 0.2) is 67.0 Å². The molecule has 152 valence electrons. The third-order valence-electron chi connectivity index (χ3n) is 5.28. The summed E-state index contributed by atoms with van der Waals surface area (Å²) in [6.07, 6.45) is 5.49. The molecule has 2 amide bonds. The Hall–Kier alpha value is -3.67. The lowest BCUT2D eigenvalue weighted by molar-refractivity contribution is -0.129. The van der Waals surface area contributed by atoms with Gasteiger partial charge in [0.1, 0.15) is 5.82 Å². The fourth-order valence-corrected chi connectivity index (χ4v) is 3.71. The summed E-state index contributed by atoms with van der Waals surface area (Å²) in [5.74, 6) is 0.375. The zero-order valence-corrected chi connectivity index (χ0v) is 17.1. The standard InChI is InChI=1S/C24H24N4O2/c1-17-7-9-19(10-8-17)16-28-23(11-13-25-28)26-24(30)15-22-21-6-4-3-5-20(21)12-14-27(22)18(2)29/h3-14,22H,15-16H2,1-2H3,(H,26,30). The lowest BCUT2D eigenvalue weighted by Gasteiger charge is -2.32.